The third-order valence-electron chi connectivity index (χ3n) is 4.78. The molecular formula is C20H35NO. The first-order chi connectivity index (χ1) is 10.7. The van der Waals surface area contributed by atoms with Gasteiger partial charge in [-0.3, -0.25) is 0 Å². The third-order valence-corrected chi connectivity index (χ3v) is 4.78. The molecular weight excluding hydrogens is 270 g/mol. The molecule has 0 saturated heterocycles. The molecule has 1 unspecified atom stereocenters. The molecule has 1 aromatic heterocycles. The molecule has 0 fully saturated rings. The Hall–Kier alpha value is -1.05. The van der Waals surface area contributed by atoms with Crippen LogP contribution in [0.3, 0.4) is 0 Å². The number of hydrogen-bond donors (Lipinski definition) is 0. The number of hydrogen-bond acceptors (Lipinski definition) is 2. The third kappa shape index (κ3) is 5.98. The monoisotopic (exact) mass is 305 g/mol. The van der Waals surface area contributed by atoms with Gasteiger partial charge in [0.05, 0.1) is 7.11 Å². The average Bonchev–Trinajstić information content (AvgIpc) is 2.55. The van der Waals surface area contributed by atoms with E-state index in [1.807, 2.05) is 12.3 Å². The van der Waals surface area contributed by atoms with Gasteiger partial charge >= 0.3 is 0 Å². The second-order valence-electron chi connectivity index (χ2n) is 6.74. The number of pyridine rings is 1. The lowest BCUT2D eigenvalue weighted by Gasteiger charge is -2.31. The van der Waals surface area contributed by atoms with Gasteiger partial charge in [-0.25, -0.2) is 4.98 Å². The highest BCUT2D eigenvalue weighted by atomic mass is 16.5. The van der Waals surface area contributed by atoms with Crippen LogP contribution >= 0.6 is 0 Å². The quantitative estimate of drug-likeness (QED) is 0.423. The predicted octanol–water partition coefficient (Wildman–Crippen LogP) is 6.29. The maximum atomic E-state index is 5.53. The Morgan fingerprint density at radius 1 is 0.955 bits per heavy atom. The van der Waals surface area contributed by atoms with E-state index in [2.05, 4.69) is 31.8 Å². The normalized spacial score (nSPS) is 13.8. The molecule has 2 heteroatoms. The number of unbranched alkanes of at least 4 members (excludes halogenated alkanes) is 6. The lowest BCUT2D eigenvalue weighted by atomic mass is 9.74. The van der Waals surface area contributed by atoms with Crippen LogP contribution in [0.2, 0.25) is 0 Å². The molecule has 0 N–H and O–H groups in total. The van der Waals surface area contributed by atoms with Crippen molar-refractivity contribution in [2.24, 2.45) is 0 Å². The van der Waals surface area contributed by atoms with Gasteiger partial charge in [-0.1, -0.05) is 78.2 Å². The van der Waals surface area contributed by atoms with E-state index >= 15 is 0 Å². The predicted molar refractivity (Wildman–Crippen MR) is 95.7 cm³/mol. The van der Waals surface area contributed by atoms with Gasteiger partial charge < -0.3 is 4.74 Å². The molecule has 0 radical (unpaired) electrons. The number of aromatic nitrogens is 1. The Morgan fingerprint density at radius 3 is 2.18 bits per heavy atom. The van der Waals surface area contributed by atoms with Gasteiger partial charge in [0.2, 0.25) is 5.88 Å². The van der Waals surface area contributed by atoms with Crippen molar-refractivity contribution < 1.29 is 4.74 Å². The van der Waals surface area contributed by atoms with Crippen LogP contribution in [0.5, 0.6) is 5.88 Å². The molecule has 0 aromatic carbocycles. The number of nitrogens with zero attached hydrogens (tertiary/aromatic N) is 1. The number of ether oxygens (including phenoxy) is 1. The lowest BCUT2D eigenvalue weighted by molar-refractivity contribution is 0.331. The molecule has 0 spiro atoms. The van der Waals surface area contributed by atoms with E-state index in [-0.39, 0.29) is 5.41 Å². The smallest absolute Gasteiger partial charge is 0.216 e. The summed E-state index contributed by atoms with van der Waals surface area (Å²) >= 11 is 0. The van der Waals surface area contributed by atoms with E-state index in [0.29, 0.717) is 0 Å². The van der Waals surface area contributed by atoms with Gasteiger partial charge in [0.1, 0.15) is 0 Å². The van der Waals surface area contributed by atoms with Crippen molar-refractivity contribution in [2.75, 3.05) is 7.11 Å². The maximum Gasteiger partial charge on any atom is 0.216 e. The molecule has 1 rings (SSSR count). The fourth-order valence-corrected chi connectivity index (χ4v) is 3.29. The van der Waals surface area contributed by atoms with Gasteiger partial charge in [-0.05, 0) is 24.3 Å². The number of rotatable bonds is 12. The zero-order valence-corrected chi connectivity index (χ0v) is 15.2. The number of methoxy groups -OCH3 is 1. The van der Waals surface area contributed by atoms with Crippen LogP contribution in [-0.4, -0.2) is 12.1 Å². The molecule has 22 heavy (non-hydrogen) atoms. The Morgan fingerprint density at radius 2 is 1.55 bits per heavy atom. The fraction of sp³-hybridized carbons (Fsp3) is 0.750. The van der Waals surface area contributed by atoms with Crippen molar-refractivity contribution >= 4 is 0 Å². The summed E-state index contributed by atoms with van der Waals surface area (Å²) in [5.74, 6) is 0.815. The first kappa shape index (κ1) is 19.0. The maximum absolute atomic E-state index is 5.53. The minimum absolute atomic E-state index is 0.195. The van der Waals surface area contributed by atoms with Crippen LogP contribution in [0.4, 0.5) is 0 Å². The molecule has 1 heterocycles. The first-order valence-corrected chi connectivity index (χ1v) is 9.17. The van der Waals surface area contributed by atoms with E-state index in [1.165, 1.54) is 69.8 Å². The summed E-state index contributed by atoms with van der Waals surface area (Å²) in [7, 11) is 1.74. The highest BCUT2D eigenvalue weighted by Gasteiger charge is 2.29. The van der Waals surface area contributed by atoms with Crippen molar-refractivity contribution in [1.29, 1.82) is 0 Å². The molecule has 126 valence electrons. The molecule has 0 bridgehead atoms. The van der Waals surface area contributed by atoms with E-state index in [4.69, 9.17) is 4.74 Å². The summed E-state index contributed by atoms with van der Waals surface area (Å²) in [6.45, 7) is 6.95. The molecule has 0 aliphatic carbocycles. The topological polar surface area (TPSA) is 22.1 Å². The molecule has 0 amide bonds. The summed E-state index contributed by atoms with van der Waals surface area (Å²) in [5, 5.41) is 0. The largest absolute Gasteiger partial charge is 0.481 e. The highest BCUT2D eigenvalue weighted by molar-refractivity contribution is 5.33. The zero-order chi connectivity index (χ0) is 16.3. The van der Waals surface area contributed by atoms with E-state index in [1.54, 1.807) is 7.11 Å². The minimum atomic E-state index is 0.195. The van der Waals surface area contributed by atoms with Crippen molar-refractivity contribution in [3.8, 4) is 5.88 Å². The summed E-state index contributed by atoms with van der Waals surface area (Å²) in [6.07, 6.45) is 14.9. The Labute approximate surface area is 137 Å². The van der Waals surface area contributed by atoms with E-state index < -0.39 is 0 Å². The molecule has 0 aliphatic heterocycles. The summed E-state index contributed by atoms with van der Waals surface area (Å²) in [4.78, 5) is 4.43. The lowest BCUT2D eigenvalue weighted by Crippen LogP contribution is -2.23. The van der Waals surface area contributed by atoms with Crippen molar-refractivity contribution in [3.05, 3.63) is 23.9 Å². The van der Waals surface area contributed by atoms with Crippen molar-refractivity contribution in [3.63, 3.8) is 0 Å². The molecule has 1 atom stereocenters. The molecule has 0 saturated carbocycles. The molecule has 1 aromatic rings. The van der Waals surface area contributed by atoms with Gasteiger partial charge in [0, 0.05) is 11.8 Å². The molecule has 0 aliphatic rings. The van der Waals surface area contributed by atoms with Gasteiger partial charge in [0.25, 0.3) is 0 Å². The van der Waals surface area contributed by atoms with Crippen molar-refractivity contribution in [1.82, 2.24) is 4.98 Å². The Balaban J connectivity index is 2.76. The minimum Gasteiger partial charge on any atom is -0.481 e. The zero-order valence-electron chi connectivity index (χ0n) is 15.2. The van der Waals surface area contributed by atoms with Crippen LogP contribution in [0.1, 0.15) is 90.5 Å². The second kappa shape index (κ2) is 10.6. The van der Waals surface area contributed by atoms with Crippen molar-refractivity contribution in [2.45, 2.75) is 90.4 Å². The van der Waals surface area contributed by atoms with E-state index in [9.17, 15) is 0 Å². The van der Waals surface area contributed by atoms with Gasteiger partial charge in [-0.2, -0.15) is 0 Å². The highest BCUT2D eigenvalue weighted by Crippen LogP contribution is 2.39. The standard InChI is InChI=1S/C20H35NO/c1-5-7-9-10-12-16-20(3,15-11-8-6-2)18-14-13-17-21-19(18)22-4/h13-14,17H,5-12,15-16H2,1-4H3. The van der Waals surface area contributed by atoms with Crippen LogP contribution in [0.15, 0.2) is 18.3 Å². The van der Waals surface area contributed by atoms with Crippen LogP contribution in [-0.2, 0) is 5.41 Å². The van der Waals surface area contributed by atoms with Gasteiger partial charge in [0.15, 0.2) is 0 Å². The summed E-state index contributed by atoms with van der Waals surface area (Å²) in [5.41, 5.74) is 1.49. The van der Waals surface area contributed by atoms with Crippen LogP contribution in [0.25, 0.3) is 0 Å². The first-order valence-electron chi connectivity index (χ1n) is 9.17. The van der Waals surface area contributed by atoms with Crippen LogP contribution < -0.4 is 4.74 Å². The molecule has 2 nitrogen and oxygen atoms in total. The summed E-state index contributed by atoms with van der Waals surface area (Å²) in [6, 6.07) is 4.26. The summed E-state index contributed by atoms with van der Waals surface area (Å²) < 4.78 is 5.53. The average molecular weight is 306 g/mol. The SMILES string of the molecule is CCCCCCCC(C)(CCCCC)c1cccnc1OC. The van der Waals surface area contributed by atoms with E-state index in [0.717, 1.165) is 5.88 Å². The van der Waals surface area contributed by atoms with Gasteiger partial charge in [-0.15, -0.1) is 0 Å². The Kier molecular flexibility index (Phi) is 9.19. The fourth-order valence-electron chi connectivity index (χ4n) is 3.29. The van der Waals surface area contributed by atoms with Crippen LogP contribution in [0, 0.1) is 0 Å². The Bertz CT molecular complexity index is 404. The second-order valence-corrected chi connectivity index (χ2v) is 6.74.